The normalized spacial score (nSPS) is 11.5. The van der Waals surface area contributed by atoms with E-state index in [1.54, 1.807) is 6.92 Å². The number of esters is 1. The highest BCUT2D eigenvalue weighted by Gasteiger charge is 2.19. The molecule has 0 aliphatic rings. The summed E-state index contributed by atoms with van der Waals surface area (Å²) in [6, 6.07) is 1.82. The van der Waals surface area contributed by atoms with Crippen LogP contribution in [0.5, 0.6) is 0 Å². The highest BCUT2D eigenvalue weighted by molar-refractivity contribution is 5.68. The minimum absolute atomic E-state index is 0.0451. The lowest BCUT2D eigenvalue weighted by Gasteiger charge is -2.12. The Kier molecular flexibility index (Phi) is 3.50. The predicted octanol–water partition coefficient (Wildman–Crippen LogP) is 2.43. The van der Waals surface area contributed by atoms with E-state index < -0.39 is 0 Å². The standard InChI is InChI=1S/C11H17NO3/c1-5-10(13)14-7-8-6-9(12-15-8)11(2,3)4/h6H,5,7H2,1-4H3. The molecule has 0 unspecified atom stereocenters. The van der Waals surface area contributed by atoms with Gasteiger partial charge < -0.3 is 9.26 Å². The number of hydrogen-bond acceptors (Lipinski definition) is 4. The lowest BCUT2D eigenvalue weighted by Crippen LogP contribution is -2.11. The number of rotatable bonds is 3. The average Bonchev–Trinajstić information content (AvgIpc) is 2.61. The van der Waals surface area contributed by atoms with Gasteiger partial charge in [-0.25, -0.2) is 0 Å². The minimum Gasteiger partial charge on any atom is -0.457 e. The van der Waals surface area contributed by atoms with Gasteiger partial charge in [-0.3, -0.25) is 4.79 Å². The fraction of sp³-hybridized carbons (Fsp3) is 0.636. The molecule has 4 nitrogen and oxygen atoms in total. The molecule has 0 N–H and O–H groups in total. The molecule has 0 saturated heterocycles. The summed E-state index contributed by atoms with van der Waals surface area (Å²) in [5, 5.41) is 3.92. The van der Waals surface area contributed by atoms with Gasteiger partial charge in [-0.1, -0.05) is 32.9 Å². The first-order chi connectivity index (χ1) is 6.93. The first kappa shape index (κ1) is 11.8. The summed E-state index contributed by atoms with van der Waals surface area (Å²) in [6.45, 7) is 8.06. The molecule has 0 aromatic carbocycles. The van der Waals surface area contributed by atoms with Crippen molar-refractivity contribution >= 4 is 5.97 Å². The summed E-state index contributed by atoms with van der Waals surface area (Å²) in [4.78, 5) is 10.9. The third-order valence-electron chi connectivity index (χ3n) is 1.99. The van der Waals surface area contributed by atoms with Crippen LogP contribution in [0.2, 0.25) is 0 Å². The van der Waals surface area contributed by atoms with Crippen LogP contribution in [0.4, 0.5) is 0 Å². The largest absolute Gasteiger partial charge is 0.457 e. The van der Waals surface area contributed by atoms with Gasteiger partial charge in [0.1, 0.15) is 0 Å². The van der Waals surface area contributed by atoms with Crippen molar-refractivity contribution in [2.45, 2.75) is 46.1 Å². The van der Waals surface area contributed by atoms with Crippen LogP contribution in [0.25, 0.3) is 0 Å². The number of ether oxygens (including phenoxy) is 1. The first-order valence-electron chi connectivity index (χ1n) is 5.05. The summed E-state index contributed by atoms with van der Waals surface area (Å²) in [6.07, 6.45) is 0.375. The molecule has 0 bridgehead atoms. The predicted molar refractivity (Wildman–Crippen MR) is 55.3 cm³/mol. The van der Waals surface area contributed by atoms with Gasteiger partial charge in [0.25, 0.3) is 0 Å². The van der Waals surface area contributed by atoms with Crippen molar-refractivity contribution in [2.75, 3.05) is 0 Å². The monoisotopic (exact) mass is 211 g/mol. The molecule has 4 heteroatoms. The summed E-state index contributed by atoms with van der Waals surface area (Å²) in [5.74, 6) is 0.352. The van der Waals surface area contributed by atoms with Crippen LogP contribution in [0.15, 0.2) is 10.6 Å². The zero-order valence-electron chi connectivity index (χ0n) is 9.66. The van der Waals surface area contributed by atoms with Crippen molar-refractivity contribution in [1.82, 2.24) is 5.16 Å². The Morgan fingerprint density at radius 1 is 1.53 bits per heavy atom. The van der Waals surface area contributed by atoms with Gasteiger partial charge in [-0.15, -0.1) is 0 Å². The van der Waals surface area contributed by atoms with Gasteiger partial charge >= 0.3 is 5.97 Å². The molecule has 1 rings (SSSR count). The quantitative estimate of drug-likeness (QED) is 0.720. The van der Waals surface area contributed by atoms with E-state index in [0.29, 0.717) is 12.2 Å². The van der Waals surface area contributed by atoms with E-state index in [2.05, 4.69) is 5.16 Å². The Labute approximate surface area is 89.6 Å². The van der Waals surface area contributed by atoms with Crippen LogP contribution < -0.4 is 0 Å². The van der Waals surface area contributed by atoms with E-state index in [-0.39, 0.29) is 18.0 Å². The zero-order valence-corrected chi connectivity index (χ0v) is 9.66. The number of aromatic nitrogens is 1. The van der Waals surface area contributed by atoms with Gasteiger partial charge in [0.2, 0.25) is 0 Å². The lowest BCUT2D eigenvalue weighted by atomic mass is 9.92. The van der Waals surface area contributed by atoms with E-state index in [1.807, 2.05) is 26.8 Å². The Hall–Kier alpha value is -1.32. The molecule has 0 aliphatic heterocycles. The number of hydrogen-bond donors (Lipinski definition) is 0. The second kappa shape index (κ2) is 4.47. The SMILES string of the molecule is CCC(=O)OCc1cc(C(C)(C)C)no1. The van der Waals surface area contributed by atoms with E-state index >= 15 is 0 Å². The van der Waals surface area contributed by atoms with Gasteiger partial charge in [-0.05, 0) is 0 Å². The summed E-state index contributed by atoms with van der Waals surface area (Å²) >= 11 is 0. The van der Waals surface area contributed by atoms with E-state index in [1.165, 1.54) is 0 Å². The van der Waals surface area contributed by atoms with Gasteiger partial charge in [0.15, 0.2) is 12.4 Å². The molecular formula is C11H17NO3. The summed E-state index contributed by atoms with van der Waals surface area (Å²) < 4.78 is 9.99. The van der Waals surface area contributed by atoms with Crippen molar-refractivity contribution in [3.8, 4) is 0 Å². The Bertz CT molecular complexity index is 336. The topological polar surface area (TPSA) is 52.3 Å². The number of nitrogens with zero attached hydrogens (tertiary/aromatic N) is 1. The van der Waals surface area contributed by atoms with Crippen molar-refractivity contribution in [3.05, 3.63) is 17.5 Å². The fourth-order valence-electron chi connectivity index (χ4n) is 0.988. The Balaban J connectivity index is 2.58. The maximum Gasteiger partial charge on any atom is 0.305 e. The molecule has 0 atom stereocenters. The summed E-state index contributed by atoms with van der Waals surface area (Å²) in [5.41, 5.74) is 0.821. The fourth-order valence-corrected chi connectivity index (χ4v) is 0.988. The second-order valence-electron chi connectivity index (χ2n) is 4.44. The van der Waals surface area contributed by atoms with Gasteiger partial charge in [0.05, 0.1) is 5.69 Å². The molecule has 84 valence electrons. The maximum atomic E-state index is 10.9. The van der Waals surface area contributed by atoms with Crippen molar-refractivity contribution in [1.29, 1.82) is 0 Å². The molecule has 0 spiro atoms. The molecule has 0 aliphatic carbocycles. The van der Waals surface area contributed by atoms with Crippen molar-refractivity contribution < 1.29 is 14.1 Å². The van der Waals surface area contributed by atoms with Crippen LogP contribution >= 0.6 is 0 Å². The van der Waals surface area contributed by atoms with Gasteiger partial charge in [-0.2, -0.15) is 0 Å². The second-order valence-corrected chi connectivity index (χ2v) is 4.44. The van der Waals surface area contributed by atoms with Crippen LogP contribution in [0.3, 0.4) is 0 Å². The molecule has 1 heterocycles. The van der Waals surface area contributed by atoms with E-state index in [4.69, 9.17) is 9.26 Å². The lowest BCUT2D eigenvalue weighted by molar-refractivity contribution is -0.145. The molecule has 0 saturated carbocycles. The third kappa shape index (κ3) is 3.38. The minimum atomic E-state index is -0.233. The number of carbonyl (C=O) groups excluding carboxylic acids is 1. The molecule has 0 radical (unpaired) electrons. The highest BCUT2D eigenvalue weighted by atomic mass is 16.5. The van der Waals surface area contributed by atoms with Crippen molar-refractivity contribution in [2.24, 2.45) is 0 Å². The molecular weight excluding hydrogens is 194 g/mol. The smallest absolute Gasteiger partial charge is 0.305 e. The Morgan fingerprint density at radius 3 is 2.67 bits per heavy atom. The van der Waals surface area contributed by atoms with Crippen LogP contribution in [-0.2, 0) is 21.6 Å². The molecule has 0 fully saturated rings. The van der Waals surface area contributed by atoms with Crippen LogP contribution in [0, 0.1) is 0 Å². The molecule has 0 amide bonds. The van der Waals surface area contributed by atoms with E-state index in [9.17, 15) is 4.79 Å². The van der Waals surface area contributed by atoms with Crippen LogP contribution in [-0.4, -0.2) is 11.1 Å². The maximum absolute atomic E-state index is 10.9. The number of carbonyl (C=O) groups is 1. The van der Waals surface area contributed by atoms with Crippen LogP contribution in [0.1, 0.15) is 45.6 Å². The summed E-state index contributed by atoms with van der Waals surface area (Å²) in [7, 11) is 0. The highest BCUT2D eigenvalue weighted by Crippen LogP contribution is 2.21. The molecule has 15 heavy (non-hydrogen) atoms. The van der Waals surface area contributed by atoms with Crippen molar-refractivity contribution in [3.63, 3.8) is 0 Å². The van der Waals surface area contributed by atoms with E-state index in [0.717, 1.165) is 5.69 Å². The first-order valence-corrected chi connectivity index (χ1v) is 5.05. The molecule has 1 aromatic rings. The third-order valence-corrected chi connectivity index (χ3v) is 1.99. The average molecular weight is 211 g/mol. The Morgan fingerprint density at radius 2 is 2.20 bits per heavy atom. The molecule has 1 aromatic heterocycles. The zero-order chi connectivity index (χ0) is 11.5. The van der Waals surface area contributed by atoms with Gasteiger partial charge in [0, 0.05) is 17.9 Å².